The van der Waals surface area contributed by atoms with Gasteiger partial charge in [-0.1, -0.05) is 13.8 Å². The number of carbonyl (C=O) groups is 1. The predicted octanol–water partition coefficient (Wildman–Crippen LogP) is 0.729. The van der Waals surface area contributed by atoms with E-state index < -0.39 is 0 Å². The van der Waals surface area contributed by atoms with Gasteiger partial charge < -0.3 is 15.8 Å². The molecule has 3 N–H and O–H groups in total. The first-order chi connectivity index (χ1) is 9.14. The maximum absolute atomic E-state index is 12.0. The zero-order valence-corrected chi connectivity index (χ0v) is 12.5. The van der Waals surface area contributed by atoms with Crippen LogP contribution in [0.2, 0.25) is 0 Å². The molecule has 0 saturated carbocycles. The fourth-order valence-corrected chi connectivity index (χ4v) is 2.68. The Balaban J connectivity index is 2.44. The molecule has 0 bridgehead atoms. The highest BCUT2D eigenvalue weighted by molar-refractivity contribution is 5.78. The quantitative estimate of drug-likeness (QED) is 0.716. The minimum absolute atomic E-state index is 0.114. The van der Waals surface area contributed by atoms with Gasteiger partial charge in [-0.15, -0.1) is 0 Å². The molecule has 1 aliphatic heterocycles. The number of hydrogen-bond donors (Lipinski definition) is 2. The number of ether oxygens (including phenoxy) is 1. The number of nitrogens with zero attached hydrogens (tertiary/aromatic N) is 1. The molecule has 0 aromatic carbocycles. The van der Waals surface area contributed by atoms with E-state index in [2.05, 4.69) is 24.1 Å². The molecule has 1 heterocycles. The van der Waals surface area contributed by atoms with Gasteiger partial charge in [0.05, 0.1) is 12.6 Å². The molecule has 1 rings (SSSR count). The molecule has 1 aliphatic rings. The van der Waals surface area contributed by atoms with Gasteiger partial charge in [-0.2, -0.15) is 0 Å². The Hall–Kier alpha value is -0.650. The molecule has 5 heteroatoms. The second-order valence-corrected chi connectivity index (χ2v) is 5.32. The Morgan fingerprint density at radius 2 is 2.16 bits per heavy atom. The van der Waals surface area contributed by atoms with Gasteiger partial charge in [-0.3, -0.25) is 9.69 Å². The van der Waals surface area contributed by atoms with Crippen LogP contribution in [0.4, 0.5) is 0 Å². The highest BCUT2D eigenvalue weighted by Crippen LogP contribution is 2.18. The van der Waals surface area contributed by atoms with Crippen LogP contribution in [0.5, 0.6) is 0 Å². The molecule has 112 valence electrons. The van der Waals surface area contributed by atoms with E-state index in [-0.39, 0.29) is 18.1 Å². The molecule has 5 nitrogen and oxygen atoms in total. The fourth-order valence-electron chi connectivity index (χ4n) is 2.68. The standard InChI is InChI=1S/C14H29N3O2/c1-4-11(5-2)16-14(18)10-17-7-6-13(19-3)8-12(17)9-15/h11-13H,4-10,15H2,1-3H3,(H,16,18). The number of amides is 1. The second kappa shape index (κ2) is 8.51. The summed E-state index contributed by atoms with van der Waals surface area (Å²) >= 11 is 0. The van der Waals surface area contributed by atoms with Crippen molar-refractivity contribution in [1.82, 2.24) is 10.2 Å². The SMILES string of the molecule is CCC(CC)NC(=O)CN1CCC(OC)CC1CN. The van der Waals surface area contributed by atoms with Crippen LogP contribution in [-0.4, -0.2) is 55.7 Å². The van der Waals surface area contributed by atoms with E-state index in [9.17, 15) is 4.79 Å². The number of likely N-dealkylation sites (tertiary alicyclic amines) is 1. The summed E-state index contributed by atoms with van der Waals surface area (Å²) < 4.78 is 5.39. The Morgan fingerprint density at radius 3 is 2.68 bits per heavy atom. The normalized spacial score (nSPS) is 24.7. The van der Waals surface area contributed by atoms with E-state index in [1.807, 2.05) is 0 Å². The summed E-state index contributed by atoms with van der Waals surface area (Å²) in [5, 5.41) is 3.08. The number of nitrogens with one attached hydrogen (secondary N) is 1. The van der Waals surface area contributed by atoms with Crippen LogP contribution in [0.3, 0.4) is 0 Å². The number of nitrogens with two attached hydrogens (primary N) is 1. The second-order valence-electron chi connectivity index (χ2n) is 5.32. The summed E-state index contributed by atoms with van der Waals surface area (Å²) in [6.45, 7) is 6.12. The van der Waals surface area contributed by atoms with Crippen LogP contribution in [0.25, 0.3) is 0 Å². The van der Waals surface area contributed by atoms with E-state index in [1.54, 1.807) is 7.11 Å². The van der Waals surface area contributed by atoms with Crippen LogP contribution in [0.15, 0.2) is 0 Å². The summed E-state index contributed by atoms with van der Waals surface area (Å²) in [6, 6.07) is 0.548. The molecule has 19 heavy (non-hydrogen) atoms. The molecule has 2 unspecified atom stereocenters. The molecule has 2 atom stereocenters. The van der Waals surface area contributed by atoms with E-state index in [4.69, 9.17) is 10.5 Å². The zero-order chi connectivity index (χ0) is 14.3. The van der Waals surface area contributed by atoms with Gasteiger partial charge in [0, 0.05) is 32.3 Å². The van der Waals surface area contributed by atoms with Crippen LogP contribution >= 0.6 is 0 Å². The lowest BCUT2D eigenvalue weighted by Gasteiger charge is -2.38. The first-order valence-electron chi connectivity index (χ1n) is 7.40. The molecule has 1 saturated heterocycles. The van der Waals surface area contributed by atoms with E-state index in [0.717, 1.165) is 32.2 Å². The number of piperidine rings is 1. The van der Waals surface area contributed by atoms with Crippen LogP contribution in [0.1, 0.15) is 39.5 Å². The monoisotopic (exact) mass is 271 g/mol. The Kier molecular flexibility index (Phi) is 7.34. The largest absolute Gasteiger partial charge is 0.381 e. The summed E-state index contributed by atoms with van der Waals surface area (Å²) in [7, 11) is 1.74. The molecule has 0 aromatic heterocycles. The van der Waals surface area contributed by atoms with Crippen molar-refractivity contribution in [2.45, 2.75) is 57.7 Å². The van der Waals surface area contributed by atoms with E-state index in [0.29, 0.717) is 19.1 Å². The minimum Gasteiger partial charge on any atom is -0.381 e. The summed E-state index contributed by atoms with van der Waals surface area (Å²) in [5.41, 5.74) is 5.81. The Labute approximate surface area is 116 Å². The smallest absolute Gasteiger partial charge is 0.234 e. The highest BCUT2D eigenvalue weighted by Gasteiger charge is 2.28. The van der Waals surface area contributed by atoms with Gasteiger partial charge in [0.1, 0.15) is 0 Å². The van der Waals surface area contributed by atoms with Gasteiger partial charge in [0.25, 0.3) is 0 Å². The van der Waals surface area contributed by atoms with Gasteiger partial charge >= 0.3 is 0 Å². The van der Waals surface area contributed by atoms with E-state index >= 15 is 0 Å². The van der Waals surface area contributed by atoms with Gasteiger partial charge in [0.15, 0.2) is 0 Å². The first-order valence-corrected chi connectivity index (χ1v) is 7.40. The first kappa shape index (κ1) is 16.4. The van der Waals surface area contributed by atoms with Gasteiger partial charge in [-0.25, -0.2) is 0 Å². The molecule has 1 fully saturated rings. The summed E-state index contributed by atoms with van der Waals surface area (Å²) in [5.74, 6) is 0.114. The van der Waals surface area contributed by atoms with Crippen molar-refractivity contribution in [3.63, 3.8) is 0 Å². The van der Waals surface area contributed by atoms with Crippen molar-refractivity contribution in [1.29, 1.82) is 0 Å². The van der Waals surface area contributed by atoms with Crippen molar-refractivity contribution in [3.05, 3.63) is 0 Å². The Bertz CT molecular complexity index is 269. The third kappa shape index (κ3) is 5.09. The number of methoxy groups -OCH3 is 1. The lowest BCUT2D eigenvalue weighted by Crippen LogP contribution is -2.52. The lowest BCUT2D eigenvalue weighted by molar-refractivity contribution is -0.124. The van der Waals surface area contributed by atoms with Crippen molar-refractivity contribution in [2.24, 2.45) is 5.73 Å². The van der Waals surface area contributed by atoms with Crippen LogP contribution < -0.4 is 11.1 Å². The molecule has 0 radical (unpaired) electrons. The van der Waals surface area contributed by atoms with E-state index in [1.165, 1.54) is 0 Å². The topological polar surface area (TPSA) is 67.6 Å². The maximum Gasteiger partial charge on any atom is 0.234 e. The third-order valence-corrected chi connectivity index (χ3v) is 4.09. The van der Waals surface area contributed by atoms with Gasteiger partial charge in [-0.05, 0) is 25.7 Å². The molecule has 1 amide bonds. The third-order valence-electron chi connectivity index (χ3n) is 4.09. The van der Waals surface area contributed by atoms with Crippen LogP contribution in [-0.2, 0) is 9.53 Å². The molecule has 0 aliphatic carbocycles. The molecular weight excluding hydrogens is 242 g/mol. The highest BCUT2D eigenvalue weighted by atomic mass is 16.5. The average molecular weight is 271 g/mol. The molecule has 0 aromatic rings. The molecule has 0 spiro atoms. The zero-order valence-electron chi connectivity index (χ0n) is 12.5. The van der Waals surface area contributed by atoms with Crippen molar-refractivity contribution in [2.75, 3.05) is 26.7 Å². The Morgan fingerprint density at radius 1 is 1.47 bits per heavy atom. The number of hydrogen-bond acceptors (Lipinski definition) is 4. The fraction of sp³-hybridized carbons (Fsp3) is 0.929. The number of carbonyl (C=O) groups excluding carboxylic acids is 1. The lowest BCUT2D eigenvalue weighted by atomic mass is 9.99. The summed E-state index contributed by atoms with van der Waals surface area (Å²) in [6.07, 6.45) is 4.14. The summed E-state index contributed by atoms with van der Waals surface area (Å²) in [4.78, 5) is 14.2. The molecular formula is C14H29N3O2. The number of rotatable bonds is 7. The van der Waals surface area contributed by atoms with Crippen molar-refractivity contribution >= 4 is 5.91 Å². The van der Waals surface area contributed by atoms with Crippen molar-refractivity contribution < 1.29 is 9.53 Å². The predicted molar refractivity (Wildman–Crippen MR) is 77.0 cm³/mol. The van der Waals surface area contributed by atoms with Gasteiger partial charge in [0.2, 0.25) is 5.91 Å². The maximum atomic E-state index is 12.0. The minimum atomic E-state index is 0.114. The average Bonchev–Trinajstić information content (AvgIpc) is 2.45. The van der Waals surface area contributed by atoms with Crippen molar-refractivity contribution in [3.8, 4) is 0 Å². The van der Waals surface area contributed by atoms with Crippen LogP contribution in [0, 0.1) is 0 Å².